The predicted molar refractivity (Wildman–Crippen MR) is 126 cm³/mol. The number of nitrogens with zero attached hydrogens (tertiary/aromatic N) is 1. The maximum atomic E-state index is 12.7. The minimum atomic E-state index is -0.534. The number of benzene rings is 2. The molecular formula is C26H35N3O3. The Bertz CT molecular complexity index is 918. The summed E-state index contributed by atoms with van der Waals surface area (Å²) in [5.41, 5.74) is 7.50. The number of phenols is 1. The molecule has 3 rings (SSSR count). The van der Waals surface area contributed by atoms with E-state index in [4.69, 9.17) is 5.73 Å². The van der Waals surface area contributed by atoms with Crippen molar-refractivity contribution in [2.24, 2.45) is 17.6 Å². The Kier molecular flexibility index (Phi) is 7.91. The molecule has 0 bridgehead atoms. The van der Waals surface area contributed by atoms with Gasteiger partial charge in [-0.2, -0.15) is 0 Å². The Morgan fingerprint density at radius 3 is 2.62 bits per heavy atom. The lowest BCUT2D eigenvalue weighted by Gasteiger charge is -2.45. The Balaban J connectivity index is 1.62. The van der Waals surface area contributed by atoms with Crippen molar-refractivity contribution in [3.8, 4) is 5.75 Å². The van der Waals surface area contributed by atoms with Crippen molar-refractivity contribution < 1.29 is 14.7 Å². The number of nitrogens with one attached hydrogen (secondary N) is 1. The molecule has 1 saturated heterocycles. The van der Waals surface area contributed by atoms with E-state index in [0.29, 0.717) is 18.1 Å². The number of rotatable bonds is 9. The van der Waals surface area contributed by atoms with Crippen molar-refractivity contribution in [2.45, 2.75) is 38.5 Å². The lowest BCUT2D eigenvalue weighted by atomic mass is 9.68. The molecule has 3 unspecified atom stereocenters. The Hall–Kier alpha value is -2.86. The number of likely N-dealkylation sites (tertiary alicyclic amines) is 1. The van der Waals surface area contributed by atoms with Crippen LogP contribution in [-0.2, 0) is 21.4 Å². The average molecular weight is 438 g/mol. The molecule has 1 fully saturated rings. The van der Waals surface area contributed by atoms with Gasteiger partial charge in [-0.25, -0.2) is 0 Å². The summed E-state index contributed by atoms with van der Waals surface area (Å²) < 4.78 is 0. The number of phenolic OH excluding ortho intramolecular Hbond substituents is 1. The number of hydrogen-bond donors (Lipinski definition) is 3. The second kappa shape index (κ2) is 10.6. The molecule has 0 aliphatic carbocycles. The summed E-state index contributed by atoms with van der Waals surface area (Å²) in [6, 6.07) is 17.6. The SMILES string of the molecule is CC1CN(CCC(Cc2ccccc2)C(=O)NCC(N)=O)CCC1(C)c1cccc(O)c1. The highest BCUT2D eigenvalue weighted by Crippen LogP contribution is 2.40. The van der Waals surface area contributed by atoms with Gasteiger partial charge in [0, 0.05) is 12.5 Å². The summed E-state index contributed by atoms with van der Waals surface area (Å²) in [4.78, 5) is 26.3. The van der Waals surface area contributed by atoms with Gasteiger partial charge in [0.1, 0.15) is 5.75 Å². The molecule has 1 heterocycles. The number of amides is 2. The molecule has 0 saturated carbocycles. The van der Waals surface area contributed by atoms with E-state index in [-0.39, 0.29) is 23.8 Å². The standard InChI is InChI=1S/C26H35N3O3/c1-19-18-29(14-12-26(19,2)22-9-6-10-23(30)16-22)13-11-21(25(32)28-17-24(27)31)15-20-7-4-3-5-8-20/h3-10,16,19,21,30H,11-15,17-18H2,1-2H3,(H2,27,31)(H,28,32). The van der Waals surface area contributed by atoms with Gasteiger partial charge in [-0.3, -0.25) is 9.59 Å². The van der Waals surface area contributed by atoms with Gasteiger partial charge < -0.3 is 21.1 Å². The lowest BCUT2D eigenvalue weighted by Crippen LogP contribution is -2.48. The Labute approximate surface area is 190 Å². The van der Waals surface area contributed by atoms with Crippen LogP contribution >= 0.6 is 0 Å². The molecule has 32 heavy (non-hydrogen) atoms. The number of primary amides is 1. The van der Waals surface area contributed by atoms with Gasteiger partial charge >= 0.3 is 0 Å². The van der Waals surface area contributed by atoms with Crippen LogP contribution in [0.4, 0.5) is 0 Å². The Morgan fingerprint density at radius 1 is 1.22 bits per heavy atom. The van der Waals surface area contributed by atoms with Crippen molar-refractivity contribution in [1.82, 2.24) is 10.2 Å². The minimum absolute atomic E-state index is 0.0115. The van der Waals surface area contributed by atoms with Crippen LogP contribution < -0.4 is 11.1 Å². The highest BCUT2D eigenvalue weighted by atomic mass is 16.3. The molecule has 0 radical (unpaired) electrons. The van der Waals surface area contributed by atoms with Crippen molar-refractivity contribution in [1.29, 1.82) is 0 Å². The zero-order chi connectivity index (χ0) is 23.1. The van der Waals surface area contributed by atoms with E-state index in [1.54, 1.807) is 6.07 Å². The van der Waals surface area contributed by atoms with Crippen LogP contribution in [0.5, 0.6) is 5.75 Å². The van der Waals surface area contributed by atoms with E-state index < -0.39 is 5.91 Å². The highest BCUT2D eigenvalue weighted by Gasteiger charge is 2.38. The summed E-state index contributed by atoms with van der Waals surface area (Å²) in [6.45, 7) is 7.11. The molecule has 4 N–H and O–H groups in total. The highest BCUT2D eigenvalue weighted by molar-refractivity contribution is 5.85. The number of hydrogen-bond acceptors (Lipinski definition) is 4. The van der Waals surface area contributed by atoms with Crippen LogP contribution in [0.2, 0.25) is 0 Å². The third-order valence-corrected chi connectivity index (χ3v) is 7.00. The molecule has 6 nitrogen and oxygen atoms in total. The van der Waals surface area contributed by atoms with E-state index in [1.165, 1.54) is 5.56 Å². The molecule has 6 heteroatoms. The van der Waals surface area contributed by atoms with Crippen molar-refractivity contribution in [3.05, 3.63) is 65.7 Å². The topological polar surface area (TPSA) is 95.7 Å². The molecule has 2 amide bonds. The maximum Gasteiger partial charge on any atom is 0.236 e. The average Bonchev–Trinajstić information content (AvgIpc) is 2.78. The van der Waals surface area contributed by atoms with Crippen molar-refractivity contribution in [3.63, 3.8) is 0 Å². The third-order valence-electron chi connectivity index (χ3n) is 7.00. The normalized spacial score (nSPS) is 22.2. The predicted octanol–water partition coefficient (Wildman–Crippen LogP) is 2.84. The molecule has 0 aromatic heterocycles. The molecule has 1 aliphatic heterocycles. The molecule has 172 valence electrons. The largest absolute Gasteiger partial charge is 0.508 e. The third kappa shape index (κ3) is 6.10. The smallest absolute Gasteiger partial charge is 0.236 e. The van der Waals surface area contributed by atoms with Gasteiger partial charge in [-0.1, -0.05) is 56.3 Å². The van der Waals surface area contributed by atoms with E-state index in [0.717, 1.165) is 38.0 Å². The second-order valence-electron chi connectivity index (χ2n) is 9.28. The fourth-order valence-electron chi connectivity index (χ4n) is 4.69. The van der Waals surface area contributed by atoms with Gasteiger partial charge in [0.05, 0.1) is 6.54 Å². The zero-order valence-electron chi connectivity index (χ0n) is 19.1. The summed E-state index contributed by atoms with van der Waals surface area (Å²) in [5.74, 6) is -0.153. The van der Waals surface area contributed by atoms with Crippen LogP contribution in [-0.4, -0.2) is 48.0 Å². The first kappa shape index (κ1) is 23.8. The first-order valence-electron chi connectivity index (χ1n) is 11.4. The van der Waals surface area contributed by atoms with E-state index in [1.807, 2.05) is 42.5 Å². The number of aromatic hydroxyl groups is 1. The molecular weight excluding hydrogens is 402 g/mol. The Morgan fingerprint density at radius 2 is 1.97 bits per heavy atom. The van der Waals surface area contributed by atoms with Gasteiger partial charge in [-0.15, -0.1) is 0 Å². The minimum Gasteiger partial charge on any atom is -0.508 e. The fraction of sp³-hybridized carbons (Fsp3) is 0.462. The van der Waals surface area contributed by atoms with Crippen LogP contribution in [0.1, 0.15) is 37.8 Å². The summed E-state index contributed by atoms with van der Waals surface area (Å²) in [5, 5.41) is 12.6. The van der Waals surface area contributed by atoms with E-state index in [2.05, 4.69) is 30.1 Å². The number of piperidine rings is 1. The van der Waals surface area contributed by atoms with Crippen molar-refractivity contribution >= 4 is 11.8 Å². The second-order valence-corrected chi connectivity index (χ2v) is 9.28. The molecule has 1 aliphatic rings. The number of nitrogens with two attached hydrogens (primary N) is 1. The van der Waals surface area contributed by atoms with Crippen molar-refractivity contribution in [2.75, 3.05) is 26.2 Å². The van der Waals surface area contributed by atoms with Crippen LogP contribution in [0, 0.1) is 11.8 Å². The molecule has 0 spiro atoms. The first-order chi connectivity index (χ1) is 15.3. The maximum absolute atomic E-state index is 12.7. The first-order valence-corrected chi connectivity index (χ1v) is 11.4. The van der Waals surface area contributed by atoms with Gasteiger partial charge in [-0.05, 0) is 66.9 Å². The van der Waals surface area contributed by atoms with Crippen LogP contribution in [0.3, 0.4) is 0 Å². The monoisotopic (exact) mass is 437 g/mol. The van der Waals surface area contributed by atoms with E-state index >= 15 is 0 Å². The summed E-state index contributed by atoms with van der Waals surface area (Å²) in [7, 11) is 0. The van der Waals surface area contributed by atoms with Gasteiger partial charge in [0.15, 0.2) is 0 Å². The quantitative estimate of drug-likeness (QED) is 0.562. The zero-order valence-corrected chi connectivity index (χ0v) is 19.1. The van der Waals surface area contributed by atoms with Gasteiger partial charge in [0.25, 0.3) is 0 Å². The van der Waals surface area contributed by atoms with E-state index in [9.17, 15) is 14.7 Å². The summed E-state index contributed by atoms with van der Waals surface area (Å²) in [6.07, 6.45) is 2.35. The number of carbonyl (C=O) groups is 2. The van der Waals surface area contributed by atoms with Crippen LogP contribution in [0.25, 0.3) is 0 Å². The number of carbonyl (C=O) groups excluding carboxylic acids is 2. The molecule has 3 atom stereocenters. The lowest BCUT2D eigenvalue weighted by molar-refractivity contribution is -0.128. The molecule has 2 aromatic rings. The van der Waals surface area contributed by atoms with Crippen LogP contribution in [0.15, 0.2) is 54.6 Å². The van der Waals surface area contributed by atoms with Gasteiger partial charge in [0.2, 0.25) is 11.8 Å². The fourth-order valence-corrected chi connectivity index (χ4v) is 4.69. The summed E-state index contributed by atoms with van der Waals surface area (Å²) >= 11 is 0. The molecule has 2 aromatic carbocycles.